The quantitative estimate of drug-likeness (QED) is 0.680. The molecule has 19 heavy (non-hydrogen) atoms. The van der Waals surface area contributed by atoms with Crippen molar-refractivity contribution in [3.8, 4) is 5.69 Å². The number of hydrogen-bond acceptors (Lipinski definition) is 2. The third-order valence-corrected chi connectivity index (χ3v) is 3.25. The number of aromatic nitrogens is 2. The number of benzene rings is 2. The lowest BCUT2D eigenvalue weighted by Gasteiger charge is -2.10. The van der Waals surface area contributed by atoms with E-state index in [0.29, 0.717) is 21.7 Å². The lowest BCUT2D eigenvalue weighted by atomic mass is 10.2. The highest BCUT2D eigenvalue weighted by atomic mass is 35.5. The van der Waals surface area contributed by atoms with Gasteiger partial charge < -0.3 is 0 Å². The van der Waals surface area contributed by atoms with Crippen LogP contribution in [0.1, 0.15) is 5.82 Å². The van der Waals surface area contributed by atoms with E-state index in [1.165, 1.54) is 0 Å². The minimum absolute atomic E-state index is 0.0784. The van der Waals surface area contributed by atoms with Crippen molar-refractivity contribution in [1.82, 2.24) is 9.55 Å². The van der Waals surface area contributed by atoms with Crippen LogP contribution in [-0.2, 0) is 0 Å². The van der Waals surface area contributed by atoms with Crippen LogP contribution in [0.2, 0.25) is 5.02 Å². The summed E-state index contributed by atoms with van der Waals surface area (Å²) in [5, 5.41) is 1.15. The van der Waals surface area contributed by atoms with E-state index in [-0.39, 0.29) is 5.56 Å². The Balaban J connectivity index is 2.39. The van der Waals surface area contributed by atoms with Gasteiger partial charge in [0.05, 0.1) is 16.6 Å². The molecule has 1 aromatic heterocycles. The largest absolute Gasteiger partial charge is 0.268 e. The van der Waals surface area contributed by atoms with Crippen molar-refractivity contribution in [1.29, 1.82) is 0 Å². The highest BCUT2D eigenvalue weighted by molar-refractivity contribution is 6.31. The Morgan fingerprint density at radius 1 is 1.11 bits per heavy atom. The first-order valence-electron chi connectivity index (χ1n) is 5.91. The number of hydrogen-bond donors (Lipinski definition) is 0. The minimum atomic E-state index is -0.0784. The van der Waals surface area contributed by atoms with Gasteiger partial charge in [0.2, 0.25) is 0 Å². The average molecular weight is 271 g/mol. The summed E-state index contributed by atoms with van der Waals surface area (Å²) < 4.78 is 1.61. The molecule has 0 bridgehead atoms. The Hall–Kier alpha value is -2.13. The molecule has 0 fully saturated rings. The summed E-state index contributed by atoms with van der Waals surface area (Å²) in [4.78, 5) is 17.0. The second-order valence-electron chi connectivity index (χ2n) is 4.30. The zero-order valence-corrected chi connectivity index (χ0v) is 11.1. The molecule has 0 radical (unpaired) electrons. The Kier molecular flexibility index (Phi) is 2.84. The second-order valence-corrected chi connectivity index (χ2v) is 4.73. The van der Waals surface area contributed by atoms with Crippen molar-refractivity contribution >= 4 is 22.5 Å². The standard InChI is InChI=1S/C15H11ClN2O/c1-10-17-14-9-11(16)7-8-13(14)15(19)18(10)12-5-3-2-4-6-12/h2-9H,1H3. The van der Waals surface area contributed by atoms with E-state index in [0.717, 1.165) is 5.69 Å². The topological polar surface area (TPSA) is 34.9 Å². The Morgan fingerprint density at radius 2 is 1.84 bits per heavy atom. The first kappa shape index (κ1) is 11.9. The maximum Gasteiger partial charge on any atom is 0.265 e. The third kappa shape index (κ3) is 2.02. The molecule has 0 unspecified atom stereocenters. The molecule has 2 aromatic carbocycles. The smallest absolute Gasteiger partial charge is 0.265 e. The van der Waals surface area contributed by atoms with Gasteiger partial charge in [-0.1, -0.05) is 29.8 Å². The van der Waals surface area contributed by atoms with Crippen LogP contribution in [-0.4, -0.2) is 9.55 Å². The molecule has 0 spiro atoms. The van der Waals surface area contributed by atoms with E-state index in [1.807, 2.05) is 37.3 Å². The van der Waals surface area contributed by atoms with Crippen molar-refractivity contribution in [3.63, 3.8) is 0 Å². The first-order chi connectivity index (χ1) is 9.16. The van der Waals surface area contributed by atoms with Gasteiger partial charge in [-0.15, -0.1) is 0 Å². The van der Waals surface area contributed by atoms with Crippen LogP contribution in [0.15, 0.2) is 53.3 Å². The van der Waals surface area contributed by atoms with Gasteiger partial charge >= 0.3 is 0 Å². The van der Waals surface area contributed by atoms with Crippen LogP contribution in [0.25, 0.3) is 16.6 Å². The van der Waals surface area contributed by atoms with Crippen LogP contribution in [0, 0.1) is 6.92 Å². The Morgan fingerprint density at radius 3 is 2.58 bits per heavy atom. The number of para-hydroxylation sites is 1. The molecule has 94 valence electrons. The lowest BCUT2D eigenvalue weighted by Crippen LogP contribution is -2.22. The monoisotopic (exact) mass is 270 g/mol. The average Bonchev–Trinajstić information content (AvgIpc) is 2.39. The maximum atomic E-state index is 12.5. The van der Waals surface area contributed by atoms with Crippen LogP contribution in [0.3, 0.4) is 0 Å². The molecular formula is C15H11ClN2O. The molecule has 3 rings (SSSR count). The van der Waals surface area contributed by atoms with Crippen molar-refractivity contribution in [2.24, 2.45) is 0 Å². The van der Waals surface area contributed by atoms with E-state index >= 15 is 0 Å². The number of aryl methyl sites for hydroxylation is 1. The summed E-state index contributed by atoms with van der Waals surface area (Å²) in [6.45, 7) is 1.81. The van der Waals surface area contributed by atoms with Gasteiger partial charge in [-0.2, -0.15) is 0 Å². The van der Waals surface area contributed by atoms with E-state index in [9.17, 15) is 4.79 Å². The Bertz CT molecular complexity index is 809. The van der Waals surface area contributed by atoms with Gasteiger partial charge in [-0.25, -0.2) is 4.98 Å². The summed E-state index contributed by atoms with van der Waals surface area (Å²) in [5.41, 5.74) is 1.36. The van der Waals surface area contributed by atoms with Crippen molar-refractivity contribution < 1.29 is 0 Å². The van der Waals surface area contributed by atoms with Crippen molar-refractivity contribution in [2.45, 2.75) is 6.92 Å². The van der Waals surface area contributed by atoms with Gasteiger partial charge in [-0.3, -0.25) is 9.36 Å². The summed E-state index contributed by atoms with van der Waals surface area (Å²) in [6.07, 6.45) is 0. The highest BCUT2D eigenvalue weighted by Gasteiger charge is 2.09. The molecule has 0 aliphatic rings. The molecule has 0 amide bonds. The molecule has 0 saturated carbocycles. The Labute approximate surface area is 115 Å². The van der Waals surface area contributed by atoms with Crippen LogP contribution in [0.4, 0.5) is 0 Å². The van der Waals surface area contributed by atoms with E-state index in [1.54, 1.807) is 22.8 Å². The number of fused-ring (bicyclic) bond motifs is 1. The summed E-state index contributed by atoms with van der Waals surface area (Å²) in [6, 6.07) is 14.6. The fourth-order valence-corrected chi connectivity index (χ4v) is 2.32. The van der Waals surface area contributed by atoms with Crippen LogP contribution in [0.5, 0.6) is 0 Å². The van der Waals surface area contributed by atoms with Gasteiger partial charge in [0.25, 0.3) is 5.56 Å². The summed E-state index contributed by atoms with van der Waals surface area (Å²) in [5.74, 6) is 0.644. The predicted octanol–water partition coefficient (Wildman–Crippen LogP) is 3.35. The van der Waals surface area contributed by atoms with Gasteiger partial charge in [0, 0.05) is 5.02 Å². The molecular weight excluding hydrogens is 260 g/mol. The molecule has 0 aliphatic carbocycles. The van der Waals surface area contributed by atoms with E-state index in [2.05, 4.69) is 4.98 Å². The van der Waals surface area contributed by atoms with E-state index < -0.39 is 0 Å². The highest BCUT2D eigenvalue weighted by Crippen LogP contribution is 2.16. The summed E-state index contributed by atoms with van der Waals surface area (Å²) in [7, 11) is 0. The predicted molar refractivity (Wildman–Crippen MR) is 77.1 cm³/mol. The molecule has 1 heterocycles. The maximum absolute atomic E-state index is 12.5. The SMILES string of the molecule is Cc1nc2cc(Cl)ccc2c(=O)n1-c1ccccc1. The lowest BCUT2D eigenvalue weighted by molar-refractivity contribution is 0.895. The minimum Gasteiger partial charge on any atom is -0.268 e. The molecule has 3 nitrogen and oxygen atoms in total. The molecule has 3 aromatic rings. The third-order valence-electron chi connectivity index (χ3n) is 3.01. The number of halogens is 1. The molecule has 0 atom stereocenters. The zero-order valence-electron chi connectivity index (χ0n) is 10.3. The zero-order chi connectivity index (χ0) is 13.4. The molecule has 0 N–H and O–H groups in total. The van der Waals surface area contributed by atoms with Gasteiger partial charge in [-0.05, 0) is 37.3 Å². The van der Waals surface area contributed by atoms with E-state index in [4.69, 9.17) is 11.6 Å². The number of rotatable bonds is 1. The molecule has 0 aliphatic heterocycles. The molecule has 4 heteroatoms. The number of nitrogens with zero attached hydrogens (tertiary/aromatic N) is 2. The van der Waals surface area contributed by atoms with Crippen LogP contribution >= 0.6 is 11.6 Å². The molecule has 0 saturated heterocycles. The van der Waals surface area contributed by atoms with Gasteiger partial charge in [0.1, 0.15) is 5.82 Å². The normalized spacial score (nSPS) is 10.8. The van der Waals surface area contributed by atoms with Crippen LogP contribution < -0.4 is 5.56 Å². The second kappa shape index (κ2) is 4.52. The van der Waals surface area contributed by atoms with Gasteiger partial charge in [0.15, 0.2) is 0 Å². The van der Waals surface area contributed by atoms with Crippen molar-refractivity contribution in [3.05, 3.63) is 69.7 Å². The van der Waals surface area contributed by atoms with Crippen molar-refractivity contribution in [2.75, 3.05) is 0 Å². The first-order valence-corrected chi connectivity index (χ1v) is 6.29. The fraction of sp³-hybridized carbons (Fsp3) is 0.0667. The fourth-order valence-electron chi connectivity index (χ4n) is 2.15. The summed E-state index contributed by atoms with van der Waals surface area (Å²) >= 11 is 5.93.